The molecule has 10 heteroatoms. The average molecular weight is 473 g/mol. The van der Waals surface area contributed by atoms with Gasteiger partial charge in [-0.05, 0) is 36.2 Å². The predicted molar refractivity (Wildman–Crippen MR) is 122 cm³/mol. The lowest BCUT2D eigenvalue weighted by Gasteiger charge is -2.23. The van der Waals surface area contributed by atoms with Crippen LogP contribution < -0.4 is 16.2 Å². The van der Waals surface area contributed by atoms with Crippen molar-refractivity contribution in [3.8, 4) is 0 Å². The number of H-pyrrole nitrogens is 1. The van der Waals surface area contributed by atoms with Crippen molar-refractivity contribution >= 4 is 46.7 Å². The highest BCUT2D eigenvalue weighted by Crippen LogP contribution is 2.32. The highest BCUT2D eigenvalue weighted by Gasteiger charge is 2.35. The number of aromatic amines is 1. The van der Waals surface area contributed by atoms with Crippen LogP contribution in [-0.4, -0.2) is 21.8 Å². The summed E-state index contributed by atoms with van der Waals surface area (Å²) in [5.41, 5.74) is 1.34. The van der Waals surface area contributed by atoms with Gasteiger partial charge in [-0.15, -0.1) is 0 Å². The first-order chi connectivity index (χ1) is 15.3. The molecule has 1 aliphatic rings. The number of thioether (sulfide) groups is 1. The average Bonchev–Trinajstić information content (AvgIpc) is 2.75. The number of hydrogen-bond acceptors (Lipinski definition) is 5. The van der Waals surface area contributed by atoms with Crippen molar-refractivity contribution < 1.29 is 14.0 Å². The molecule has 0 aliphatic carbocycles. The molecule has 1 atom stereocenters. The molecule has 4 rings (SSSR count). The van der Waals surface area contributed by atoms with Crippen LogP contribution in [0.5, 0.6) is 0 Å². The second kappa shape index (κ2) is 9.13. The van der Waals surface area contributed by atoms with Gasteiger partial charge in [0.05, 0.1) is 11.5 Å². The van der Waals surface area contributed by atoms with Gasteiger partial charge in [-0.3, -0.25) is 14.4 Å². The summed E-state index contributed by atoms with van der Waals surface area (Å²) in [5.74, 6) is -2.08. The molecule has 0 saturated carbocycles. The third-order valence-electron chi connectivity index (χ3n) is 5.03. The van der Waals surface area contributed by atoms with E-state index in [-0.39, 0.29) is 28.6 Å². The zero-order valence-corrected chi connectivity index (χ0v) is 18.4. The van der Waals surface area contributed by atoms with Crippen LogP contribution in [-0.2, 0) is 15.3 Å². The van der Waals surface area contributed by atoms with E-state index in [1.54, 1.807) is 13.0 Å². The Kier molecular flexibility index (Phi) is 6.29. The number of nitrogens with zero attached hydrogens (tertiary/aromatic N) is 1. The largest absolute Gasteiger partial charge is 0.325 e. The van der Waals surface area contributed by atoms with Crippen molar-refractivity contribution in [3.63, 3.8) is 0 Å². The minimum absolute atomic E-state index is 0.0442. The van der Waals surface area contributed by atoms with Crippen LogP contribution in [0.3, 0.4) is 0 Å². The van der Waals surface area contributed by atoms with E-state index >= 15 is 0 Å². The van der Waals surface area contributed by atoms with Crippen LogP contribution in [0, 0.1) is 12.7 Å². The lowest BCUT2D eigenvalue weighted by atomic mass is 9.92. The van der Waals surface area contributed by atoms with E-state index in [0.29, 0.717) is 16.3 Å². The van der Waals surface area contributed by atoms with Gasteiger partial charge < -0.3 is 15.6 Å². The van der Waals surface area contributed by atoms with Crippen molar-refractivity contribution in [2.75, 3.05) is 10.6 Å². The van der Waals surface area contributed by atoms with Crippen molar-refractivity contribution in [1.29, 1.82) is 0 Å². The third-order valence-corrected chi connectivity index (χ3v) is 6.32. The lowest BCUT2D eigenvalue weighted by Crippen LogP contribution is -2.36. The number of halogens is 2. The van der Waals surface area contributed by atoms with Gasteiger partial charge in [0.25, 0.3) is 5.56 Å². The van der Waals surface area contributed by atoms with Gasteiger partial charge in [0.15, 0.2) is 5.16 Å². The summed E-state index contributed by atoms with van der Waals surface area (Å²) in [6.07, 6.45) is -0.218. The summed E-state index contributed by atoms with van der Waals surface area (Å²) >= 11 is 7.41. The van der Waals surface area contributed by atoms with E-state index < -0.39 is 29.1 Å². The molecule has 2 amide bonds. The molecule has 0 spiro atoms. The molecule has 0 saturated heterocycles. The number of amides is 2. The van der Waals surface area contributed by atoms with Gasteiger partial charge >= 0.3 is 0 Å². The quantitative estimate of drug-likeness (QED) is 0.381. The molecule has 2 heterocycles. The number of benzene rings is 2. The Morgan fingerprint density at radius 3 is 2.84 bits per heavy atom. The molecule has 3 aromatic rings. The Morgan fingerprint density at radius 1 is 1.28 bits per heavy atom. The standard InChI is InChI=1S/C22H18ClFN4O3S/c1-11-6-7-13(24)8-16(11)25-20(30)14-9-17(29)26-19-18(14)21(31)28-22(27-19)32-10-12-4-2-3-5-15(12)23/h2-8,14H,9-10H2,1H3,(H,25,30)(H2,26,27,28,29,31)/t14-/m0/s1. The molecule has 1 aliphatic heterocycles. The first-order valence-electron chi connectivity index (χ1n) is 9.69. The van der Waals surface area contributed by atoms with E-state index in [9.17, 15) is 18.8 Å². The maximum atomic E-state index is 13.6. The Balaban J connectivity index is 1.60. The summed E-state index contributed by atoms with van der Waals surface area (Å²) < 4.78 is 13.6. The third kappa shape index (κ3) is 4.68. The van der Waals surface area contributed by atoms with Crippen LogP contribution in [0.15, 0.2) is 52.4 Å². The number of aryl methyl sites for hydroxylation is 1. The Morgan fingerprint density at radius 2 is 2.06 bits per heavy atom. The van der Waals surface area contributed by atoms with Crippen LogP contribution in [0.4, 0.5) is 15.9 Å². The minimum Gasteiger partial charge on any atom is -0.325 e. The van der Waals surface area contributed by atoms with Gasteiger partial charge in [-0.1, -0.05) is 47.6 Å². The zero-order valence-electron chi connectivity index (χ0n) is 16.9. The molecule has 0 unspecified atom stereocenters. The number of carbonyl (C=O) groups is 2. The molecule has 2 aromatic carbocycles. The van der Waals surface area contributed by atoms with Gasteiger partial charge in [-0.2, -0.15) is 0 Å². The molecular formula is C22H18ClFN4O3S. The molecule has 0 radical (unpaired) electrons. The summed E-state index contributed by atoms with van der Waals surface area (Å²) in [6, 6.07) is 11.3. The molecule has 1 aromatic heterocycles. The normalized spacial score (nSPS) is 15.1. The van der Waals surface area contributed by atoms with Crippen LogP contribution in [0.1, 0.15) is 29.0 Å². The van der Waals surface area contributed by atoms with Crippen LogP contribution in [0.25, 0.3) is 0 Å². The minimum atomic E-state index is -1.06. The molecule has 164 valence electrons. The molecule has 0 bridgehead atoms. The van der Waals surface area contributed by atoms with Gasteiger partial charge in [-0.25, -0.2) is 9.37 Å². The highest BCUT2D eigenvalue weighted by atomic mass is 35.5. The SMILES string of the molecule is Cc1ccc(F)cc1NC(=O)[C@H]1CC(=O)Nc2nc(SCc3ccccc3Cl)[nH]c(=O)c21. The number of nitrogens with one attached hydrogen (secondary N) is 3. The Bertz CT molecular complexity index is 1280. The van der Waals surface area contributed by atoms with Gasteiger partial charge in [0.2, 0.25) is 11.8 Å². The van der Waals surface area contributed by atoms with Crippen LogP contribution in [0.2, 0.25) is 5.02 Å². The van der Waals surface area contributed by atoms with E-state index in [0.717, 1.165) is 5.56 Å². The second-order valence-corrected chi connectivity index (χ2v) is 8.64. The fourth-order valence-corrected chi connectivity index (χ4v) is 4.50. The van der Waals surface area contributed by atoms with Crippen molar-refractivity contribution in [3.05, 3.63) is 80.3 Å². The maximum Gasteiger partial charge on any atom is 0.257 e. The highest BCUT2D eigenvalue weighted by molar-refractivity contribution is 7.98. The lowest BCUT2D eigenvalue weighted by molar-refractivity contribution is -0.123. The number of anilines is 2. The molecule has 7 nitrogen and oxygen atoms in total. The molecule has 0 fully saturated rings. The number of fused-ring (bicyclic) bond motifs is 1. The smallest absolute Gasteiger partial charge is 0.257 e. The molecular weight excluding hydrogens is 455 g/mol. The Labute approximate surface area is 191 Å². The number of hydrogen-bond donors (Lipinski definition) is 3. The van der Waals surface area contributed by atoms with Crippen molar-refractivity contribution in [1.82, 2.24) is 9.97 Å². The summed E-state index contributed by atoms with van der Waals surface area (Å²) in [6.45, 7) is 1.72. The predicted octanol–water partition coefficient (Wildman–Crippen LogP) is 4.23. The summed E-state index contributed by atoms with van der Waals surface area (Å²) in [7, 11) is 0. The zero-order chi connectivity index (χ0) is 22.8. The number of carbonyl (C=O) groups excluding carboxylic acids is 2. The first kappa shape index (κ1) is 22.0. The first-order valence-corrected chi connectivity index (χ1v) is 11.1. The van der Waals surface area contributed by atoms with Gasteiger partial charge in [0, 0.05) is 22.9 Å². The summed E-state index contributed by atoms with van der Waals surface area (Å²) in [4.78, 5) is 45.0. The van der Waals surface area contributed by atoms with E-state index in [4.69, 9.17) is 11.6 Å². The van der Waals surface area contributed by atoms with Crippen molar-refractivity contribution in [2.24, 2.45) is 0 Å². The second-order valence-electron chi connectivity index (χ2n) is 7.27. The van der Waals surface area contributed by atoms with Gasteiger partial charge in [0.1, 0.15) is 11.6 Å². The molecule has 32 heavy (non-hydrogen) atoms. The number of rotatable bonds is 5. The van der Waals surface area contributed by atoms with E-state index in [1.807, 2.05) is 18.2 Å². The maximum absolute atomic E-state index is 13.6. The topological polar surface area (TPSA) is 104 Å². The number of aromatic nitrogens is 2. The fraction of sp³-hybridized carbons (Fsp3) is 0.182. The van der Waals surface area contributed by atoms with E-state index in [1.165, 1.54) is 30.0 Å². The fourth-order valence-electron chi connectivity index (χ4n) is 3.35. The molecule has 3 N–H and O–H groups in total. The monoisotopic (exact) mass is 472 g/mol. The Hall–Kier alpha value is -3.17. The van der Waals surface area contributed by atoms with Crippen molar-refractivity contribution in [2.45, 2.75) is 30.2 Å². The summed E-state index contributed by atoms with van der Waals surface area (Å²) in [5, 5.41) is 6.07. The van der Waals surface area contributed by atoms with Crippen LogP contribution >= 0.6 is 23.4 Å². The van der Waals surface area contributed by atoms with E-state index in [2.05, 4.69) is 20.6 Å².